The molecule has 2 aliphatic carbocycles. The van der Waals surface area contributed by atoms with E-state index in [4.69, 9.17) is 23.2 Å². The standard InChI is InChI=1S/C24H24Cl2F4N4O4/c1-12-6-13(2-3-14(12)22(37)38)34-20(24(28,29)30)15(7-32-34)21(36)33(11-23(27)4-5-23)10-18(35)19-16(25)8-31-9-17(19)26/h7-9,12-14H,2-6,10-11H2,1H3,(H,37,38)/t12-,13?,14+/m1/s1. The number of alkyl halides is 4. The fraction of sp³-hybridized carbons (Fsp3) is 0.542. The van der Waals surface area contributed by atoms with Gasteiger partial charge in [0.25, 0.3) is 5.91 Å². The van der Waals surface area contributed by atoms with Gasteiger partial charge >= 0.3 is 12.1 Å². The Morgan fingerprint density at radius 1 is 1.16 bits per heavy atom. The molecule has 2 aromatic rings. The number of hydrogen-bond donors (Lipinski definition) is 1. The van der Waals surface area contributed by atoms with Gasteiger partial charge in [-0.15, -0.1) is 0 Å². The van der Waals surface area contributed by atoms with Gasteiger partial charge in [-0.3, -0.25) is 24.0 Å². The summed E-state index contributed by atoms with van der Waals surface area (Å²) in [5.41, 5.74) is -4.15. The van der Waals surface area contributed by atoms with Crippen molar-refractivity contribution >= 4 is 40.9 Å². The van der Waals surface area contributed by atoms with E-state index in [1.807, 2.05) is 0 Å². The van der Waals surface area contributed by atoms with Gasteiger partial charge in [-0.1, -0.05) is 30.1 Å². The molecule has 14 heteroatoms. The molecule has 0 aromatic carbocycles. The van der Waals surface area contributed by atoms with Crippen molar-refractivity contribution in [3.8, 4) is 0 Å². The molecule has 2 fully saturated rings. The molecule has 1 N–H and O–H groups in total. The second kappa shape index (κ2) is 10.4. The van der Waals surface area contributed by atoms with Gasteiger partial charge in [-0.25, -0.2) is 4.39 Å². The van der Waals surface area contributed by atoms with Gasteiger partial charge in [0, 0.05) is 12.4 Å². The molecule has 0 spiro atoms. The first kappa shape index (κ1) is 28.3. The monoisotopic (exact) mass is 578 g/mol. The number of carbonyl (C=O) groups is 3. The minimum atomic E-state index is -5.01. The number of ketones is 1. The molecule has 8 nitrogen and oxygen atoms in total. The summed E-state index contributed by atoms with van der Waals surface area (Å²) in [6.07, 6.45) is -1.36. The minimum Gasteiger partial charge on any atom is -0.481 e. The first-order chi connectivity index (χ1) is 17.7. The Labute approximate surface area is 224 Å². The lowest BCUT2D eigenvalue weighted by Gasteiger charge is -2.33. The summed E-state index contributed by atoms with van der Waals surface area (Å²) >= 11 is 12.0. The van der Waals surface area contributed by atoms with Crippen LogP contribution >= 0.6 is 23.2 Å². The molecule has 0 bridgehead atoms. The Morgan fingerprint density at radius 2 is 1.79 bits per heavy atom. The number of nitrogens with zero attached hydrogens (tertiary/aromatic N) is 4. The molecular weight excluding hydrogens is 555 g/mol. The molecule has 3 atom stereocenters. The molecule has 0 saturated heterocycles. The van der Waals surface area contributed by atoms with Crippen LogP contribution in [0.4, 0.5) is 17.6 Å². The summed E-state index contributed by atoms with van der Waals surface area (Å²) < 4.78 is 58.4. The van der Waals surface area contributed by atoms with Crippen molar-refractivity contribution in [3.63, 3.8) is 0 Å². The second-order valence-electron chi connectivity index (χ2n) is 9.95. The smallest absolute Gasteiger partial charge is 0.433 e. The van der Waals surface area contributed by atoms with Crippen LogP contribution in [0.3, 0.4) is 0 Å². The molecule has 38 heavy (non-hydrogen) atoms. The third-order valence-electron chi connectivity index (χ3n) is 7.12. The number of Topliss-reactive ketones (excluding diaryl/α,β-unsaturated/α-hetero) is 1. The number of carboxylic acids is 1. The lowest BCUT2D eigenvalue weighted by molar-refractivity contribution is -0.149. The van der Waals surface area contributed by atoms with E-state index in [0.29, 0.717) is 4.68 Å². The molecular formula is C24H24Cl2F4N4O4. The first-order valence-electron chi connectivity index (χ1n) is 11.9. The maximum absolute atomic E-state index is 14.8. The molecule has 2 aromatic heterocycles. The molecule has 2 heterocycles. The predicted molar refractivity (Wildman–Crippen MR) is 128 cm³/mol. The van der Waals surface area contributed by atoms with Crippen LogP contribution in [0.15, 0.2) is 18.6 Å². The number of hydrogen-bond acceptors (Lipinski definition) is 5. The highest BCUT2D eigenvalue weighted by atomic mass is 35.5. The largest absolute Gasteiger partial charge is 0.481 e. The molecule has 1 amide bonds. The van der Waals surface area contributed by atoms with Gasteiger partial charge in [0.1, 0.15) is 5.67 Å². The fourth-order valence-corrected chi connectivity index (χ4v) is 5.55. The van der Waals surface area contributed by atoms with Gasteiger partial charge in [0.2, 0.25) is 0 Å². The molecule has 0 aliphatic heterocycles. The molecule has 2 saturated carbocycles. The number of halogens is 6. The Balaban J connectivity index is 1.67. The number of amides is 1. The lowest BCUT2D eigenvalue weighted by Crippen LogP contribution is -2.41. The molecule has 4 rings (SSSR count). The average molecular weight is 579 g/mol. The summed E-state index contributed by atoms with van der Waals surface area (Å²) in [5.74, 6) is -4.12. The van der Waals surface area contributed by atoms with E-state index in [-0.39, 0.29) is 47.7 Å². The third kappa shape index (κ3) is 5.80. The van der Waals surface area contributed by atoms with Crippen molar-refractivity contribution in [2.45, 2.75) is 56.9 Å². The van der Waals surface area contributed by atoms with Crippen LogP contribution in [-0.2, 0) is 11.0 Å². The number of rotatable bonds is 8. The van der Waals surface area contributed by atoms with Crippen LogP contribution in [0, 0.1) is 11.8 Å². The number of carbonyl (C=O) groups excluding carboxylic acids is 2. The lowest BCUT2D eigenvalue weighted by atomic mass is 9.78. The molecule has 1 unspecified atom stereocenters. The van der Waals surface area contributed by atoms with Crippen LogP contribution in [-0.4, -0.2) is 61.2 Å². The number of aliphatic carboxylic acids is 1. The highest BCUT2D eigenvalue weighted by Gasteiger charge is 2.48. The Kier molecular flexibility index (Phi) is 7.77. The Hall–Kier alpha value is -2.73. The highest BCUT2D eigenvalue weighted by Crippen LogP contribution is 2.43. The number of carboxylic acid groups (broad SMARTS) is 1. The summed E-state index contributed by atoms with van der Waals surface area (Å²) in [6.45, 7) is 0.283. The van der Waals surface area contributed by atoms with Crippen molar-refractivity contribution in [2.24, 2.45) is 11.8 Å². The van der Waals surface area contributed by atoms with E-state index in [9.17, 15) is 37.1 Å². The van der Waals surface area contributed by atoms with Crippen molar-refractivity contribution in [2.75, 3.05) is 13.1 Å². The van der Waals surface area contributed by atoms with Crippen LogP contribution in [0.25, 0.3) is 0 Å². The summed E-state index contributed by atoms with van der Waals surface area (Å²) in [7, 11) is 0. The van der Waals surface area contributed by atoms with Crippen molar-refractivity contribution in [3.05, 3.63) is 45.5 Å². The van der Waals surface area contributed by atoms with E-state index in [2.05, 4.69) is 10.1 Å². The zero-order chi connectivity index (χ0) is 28.0. The van der Waals surface area contributed by atoms with Crippen LogP contribution in [0.1, 0.15) is 71.5 Å². The zero-order valence-electron chi connectivity index (χ0n) is 20.1. The van der Waals surface area contributed by atoms with E-state index >= 15 is 0 Å². The Morgan fingerprint density at radius 3 is 2.32 bits per heavy atom. The van der Waals surface area contributed by atoms with E-state index in [1.54, 1.807) is 6.92 Å². The summed E-state index contributed by atoms with van der Waals surface area (Å²) in [4.78, 5) is 42.3. The first-order valence-corrected chi connectivity index (χ1v) is 12.7. The SMILES string of the molecule is C[C@@H]1CC(n2ncc(C(=O)N(CC(=O)c3c(Cl)cncc3Cl)CC3(F)CC3)c2C(F)(F)F)CC[C@@H]1C(=O)O. The summed E-state index contributed by atoms with van der Waals surface area (Å²) in [5, 5.41) is 13.0. The molecule has 0 radical (unpaired) electrons. The highest BCUT2D eigenvalue weighted by molar-refractivity contribution is 6.39. The van der Waals surface area contributed by atoms with Gasteiger partial charge < -0.3 is 10.0 Å². The van der Waals surface area contributed by atoms with E-state index < -0.39 is 71.7 Å². The number of aromatic nitrogens is 3. The van der Waals surface area contributed by atoms with Crippen molar-refractivity contribution in [1.29, 1.82) is 0 Å². The normalized spacial score (nSPS) is 22.7. The van der Waals surface area contributed by atoms with Crippen LogP contribution in [0.2, 0.25) is 10.0 Å². The summed E-state index contributed by atoms with van der Waals surface area (Å²) in [6, 6.07) is -0.792. The second-order valence-corrected chi connectivity index (χ2v) is 10.8. The third-order valence-corrected chi connectivity index (χ3v) is 7.69. The van der Waals surface area contributed by atoms with Gasteiger partial charge in [-0.2, -0.15) is 18.3 Å². The predicted octanol–water partition coefficient (Wildman–Crippen LogP) is 5.49. The van der Waals surface area contributed by atoms with E-state index in [1.165, 1.54) is 0 Å². The molecule has 206 valence electrons. The molecule has 2 aliphatic rings. The van der Waals surface area contributed by atoms with Crippen molar-refractivity contribution < 1.29 is 37.1 Å². The maximum Gasteiger partial charge on any atom is 0.433 e. The quantitative estimate of drug-likeness (QED) is 0.328. The van der Waals surface area contributed by atoms with Crippen LogP contribution < -0.4 is 0 Å². The zero-order valence-corrected chi connectivity index (χ0v) is 21.7. The fourth-order valence-electron chi connectivity index (χ4n) is 4.97. The van der Waals surface area contributed by atoms with E-state index in [0.717, 1.165) is 23.5 Å². The van der Waals surface area contributed by atoms with Crippen LogP contribution in [0.5, 0.6) is 0 Å². The Bertz CT molecular complexity index is 1240. The van der Waals surface area contributed by atoms with Gasteiger partial charge in [0.15, 0.2) is 11.5 Å². The number of pyridine rings is 1. The average Bonchev–Trinajstić information content (AvgIpc) is 3.36. The van der Waals surface area contributed by atoms with Gasteiger partial charge in [-0.05, 0) is 38.0 Å². The van der Waals surface area contributed by atoms with Crippen molar-refractivity contribution in [1.82, 2.24) is 19.7 Å². The maximum atomic E-state index is 14.8. The topological polar surface area (TPSA) is 105 Å². The minimum absolute atomic E-state index is 0.0951. The van der Waals surface area contributed by atoms with Gasteiger partial charge in [0.05, 0.1) is 52.4 Å².